The van der Waals surface area contributed by atoms with Crippen LogP contribution in [0.15, 0.2) is 30.3 Å². The molecular formula is C13H6Cl3N3O. The maximum absolute atomic E-state index is 12.1. The SMILES string of the molecule is N#Cc1ccc(NC(=O)c2ccc(Cl)nc2Cl)c(Cl)c1. The molecule has 0 bridgehead atoms. The zero-order valence-corrected chi connectivity index (χ0v) is 12.1. The molecule has 0 aliphatic heterocycles. The molecule has 0 spiro atoms. The number of carbonyl (C=O) groups is 1. The second-order valence-corrected chi connectivity index (χ2v) is 4.89. The number of anilines is 1. The third kappa shape index (κ3) is 3.20. The van der Waals surface area contributed by atoms with E-state index in [4.69, 9.17) is 40.1 Å². The van der Waals surface area contributed by atoms with Gasteiger partial charge < -0.3 is 5.32 Å². The monoisotopic (exact) mass is 325 g/mol. The van der Waals surface area contributed by atoms with Crippen LogP contribution in [0.5, 0.6) is 0 Å². The molecule has 0 saturated heterocycles. The van der Waals surface area contributed by atoms with Gasteiger partial charge in [-0.3, -0.25) is 4.79 Å². The molecular weight excluding hydrogens is 321 g/mol. The molecule has 0 atom stereocenters. The van der Waals surface area contributed by atoms with Crippen LogP contribution < -0.4 is 5.32 Å². The van der Waals surface area contributed by atoms with E-state index < -0.39 is 5.91 Å². The third-order valence-corrected chi connectivity index (χ3v) is 3.22. The van der Waals surface area contributed by atoms with Gasteiger partial charge in [-0.05, 0) is 30.3 Å². The van der Waals surface area contributed by atoms with Gasteiger partial charge in [0.1, 0.15) is 10.3 Å². The van der Waals surface area contributed by atoms with Crippen molar-refractivity contribution in [3.63, 3.8) is 0 Å². The predicted octanol–water partition coefficient (Wildman–Crippen LogP) is 4.17. The third-order valence-electron chi connectivity index (χ3n) is 2.41. The Hall–Kier alpha value is -1.80. The number of halogens is 3. The first kappa shape index (κ1) is 14.6. The summed E-state index contributed by atoms with van der Waals surface area (Å²) in [6, 6.07) is 9.42. The van der Waals surface area contributed by atoms with Gasteiger partial charge in [0.05, 0.1) is 27.9 Å². The van der Waals surface area contributed by atoms with Crippen molar-refractivity contribution in [2.45, 2.75) is 0 Å². The van der Waals surface area contributed by atoms with E-state index in [0.29, 0.717) is 11.3 Å². The Morgan fingerprint density at radius 2 is 1.95 bits per heavy atom. The van der Waals surface area contributed by atoms with Crippen LogP contribution in [0, 0.1) is 11.3 Å². The molecule has 1 N–H and O–H groups in total. The van der Waals surface area contributed by atoms with E-state index in [9.17, 15) is 4.79 Å². The number of aromatic nitrogens is 1. The van der Waals surface area contributed by atoms with Crippen LogP contribution in [0.4, 0.5) is 5.69 Å². The lowest BCUT2D eigenvalue weighted by atomic mass is 10.2. The van der Waals surface area contributed by atoms with Gasteiger partial charge in [-0.25, -0.2) is 4.98 Å². The largest absolute Gasteiger partial charge is 0.321 e. The Bertz CT molecular complexity index is 725. The number of pyridine rings is 1. The van der Waals surface area contributed by atoms with Gasteiger partial charge in [-0.2, -0.15) is 5.26 Å². The minimum atomic E-state index is -0.467. The highest BCUT2D eigenvalue weighted by molar-refractivity contribution is 6.36. The number of hydrogen-bond donors (Lipinski definition) is 1. The molecule has 0 saturated carbocycles. The summed E-state index contributed by atoms with van der Waals surface area (Å²) in [5.74, 6) is -0.467. The molecule has 4 nitrogen and oxygen atoms in total. The number of nitrogens with zero attached hydrogens (tertiary/aromatic N) is 2. The van der Waals surface area contributed by atoms with E-state index in [-0.39, 0.29) is 20.9 Å². The smallest absolute Gasteiger partial charge is 0.258 e. The van der Waals surface area contributed by atoms with Crippen LogP contribution in [-0.2, 0) is 0 Å². The van der Waals surface area contributed by atoms with Crippen molar-refractivity contribution in [1.82, 2.24) is 4.98 Å². The molecule has 0 fully saturated rings. The number of carbonyl (C=O) groups excluding carboxylic acids is 1. The van der Waals surface area contributed by atoms with Crippen molar-refractivity contribution in [3.05, 3.63) is 56.8 Å². The summed E-state index contributed by atoms with van der Waals surface area (Å²) in [7, 11) is 0. The van der Waals surface area contributed by atoms with Crippen molar-refractivity contribution < 1.29 is 4.79 Å². The van der Waals surface area contributed by atoms with E-state index in [1.165, 1.54) is 24.3 Å². The van der Waals surface area contributed by atoms with Gasteiger partial charge in [0.25, 0.3) is 5.91 Å². The van der Waals surface area contributed by atoms with E-state index in [1.54, 1.807) is 6.07 Å². The highest BCUT2D eigenvalue weighted by atomic mass is 35.5. The normalized spacial score (nSPS) is 9.90. The standard InChI is InChI=1S/C13H6Cl3N3O/c14-9-5-7(6-17)1-3-10(9)18-13(20)8-2-4-11(15)19-12(8)16/h1-5H,(H,18,20). The summed E-state index contributed by atoms with van der Waals surface area (Å²) in [6.45, 7) is 0. The molecule has 2 aromatic rings. The highest BCUT2D eigenvalue weighted by Gasteiger charge is 2.13. The maximum Gasteiger partial charge on any atom is 0.258 e. The van der Waals surface area contributed by atoms with Crippen LogP contribution in [0.25, 0.3) is 0 Å². The maximum atomic E-state index is 12.1. The minimum Gasteiger partial charge on any atom is -0.321 e. The summed E-state index contributed by atoms with van der Waals surface area (Å²) < 4.78 is 0. The number of rotatable bonds is 2. The van der Waals surface area contributed by atoms with Crippen LogP contribution in [0.1, 0.15) is 15.9 Å². The number of nitriles is 1. The molecule has 7 heteroatoms. The lowest BCUT2D eigenvalue weighted by Gasteiger charge is -2.08. The predicted molar refractivity (Wildman–Crippen MR) is 78.4 cm³/mol. The zero-order chi connectivity index (χ0) is 14.7. The van der Waals surface area contributed by atoms with Gasteiger partial charge in [0.2, 0.25) is 0 Å². The zero-order valence-electron chi connectivity index (χ0n) is 9.82. The summed E-state index contributed by atoms with van der Waals surface area (Å²) in [5.41, 5.74) is 0.956. The van der Waals surface area contributed by atoms with Gasteiger partial charge in [0, 0.05) is 0 Å². The fraction of sp³-hybridized carbons (Fsp3) is 0. The van der Waals surface area contributed by atoms with Gasteiger partial charge in [0.15, 0.2) is 0 Å². The molecule has 0 radical (unpaired) electrons. The molecule has 2 rings (SSSR count). The summed E-state index contributed by atoms with van der Waals surface area (Å²) >= 11 is 17.5. The number of hydrogen-bond acceptors (Lipinski definition) is 3. The molecule has 1 aromatic carbocycles. The fourth-order valence-corrected chi connectivity index (χ4v) is 2.12. The van der Waals surface area contributed by atoms with Crippen LogP contribution in [-0.4, -0.2) is 10.9 Å². The molecule has 100 valence electrons. The van der Waals surface area contributed by atoms with E-state index in [1.807, 2.05) is 6.07 Å². The first-order valence-electron chi connectivity index (χ1n) is 5.34. The van der Waals surface area contributed by atoms with E-state index in [2.05, 4.69) is 10.3 Å². The lowest BCUT2D eigenvalue weighted by molar-refractivity contribution is 0.102. The molecule has 1 heterocycles. The molecule has 1 aromatic heterocycles. The topological polar surface area (TPSA) is 65.8 Å². The average molecular weight is 327 g/mol. The molecule has 0 unspecified atom stereocenters. The van der Waals surface area contributed by atoms with Crippen LogP contribution in [0.2, 0.25) is 15.3 Å². The minimum absolute atomic E-state index is 0.000215. The average Bonchev–Trinajstić information content (AvgIpc) is 2.40. The first-order chi connectivity index (χ1) is 9.51. The van der Waals surface area contributed by atoms with Crippen molar-refractivity contribution in [3.8, 4) is 6.07 Å². The van der Waals surface area contributed by atoms with Crippen molar-refractivity contribution in [1.29, 1.82) is 5.26 Å². The van der Waals surface area contributed by atoms with Gasteiger partial charge >= 0.3 is 0 Å². The Morgan fingerprint density at radius 1 is 1.20 bits per heavy atom. The molecule has 0 aliphatic carbocycles. The van der Waals surface area contributed by atoms with E-state index >= 15 is 0 Å². The quantitative estimate of drug-likeness (QED) is 0.842. The Balaban J connectivity index is 2.26. The van der Waals surface area contributed by atoms with Crippen LogP contribution in [0.3, 0.4) is 0 Å². The summed E-state index contributed by atoms with van der Waals surface area (Å²) in [5, 5.41) is 11.8. The molecule has 0 aliphatic rings. The van der Waals surface area contributed by atoms with Crippen molar-refractivity contribution in [2.24, 2.45) is 0 Å². The number of nitrogens with one attached hydrogen (secondary N) is 1. The molecule has 1 amide bonds. The number of amides is 1. The van der Waals surface area contributed by atoms with E-state index in [0.717, 1.165) is 0 Å². The Morgan fingerprint density at radius 3 is 2.55 bits per heavy atom. The second-order valence-electron chi connectivity index (χ2n) is 3.73. The lowest BCUT2D eigenvalue weighted by Crippen LogP contribution is -2.13. The van der Waals surface area contributed by atoms with Gasteiger partial charge in [-0.15, -0.1) is 0 Å². The van der Waals surface area contributed by atoms with Crippen molar-refractivity contribution >= 4 is 46.4 Å². The summed E-state index contributed by atoms with van der Waals surface area (Å²) in [4.78, 5) is 15.8. The molecule has 20 heavy (non-hydrogen) atoms. The highest BCUT2D eigenvalue weighted by Crippen LogP contribution is 2.24. The van der Waals surface area contributed by atoms with Crippen molar-refractivity contribution in [2.75, 3.05) is 5.32 Å². The Kier molecular flexibility index (Phi) is 4.46. The Labute approximate surface area is 129 Å². The number of benzene rings is 1. The summed E-state index contributed by atoms with van der Waals surface area (Å²) in [6.07, 6.45) is 0. The fourth-order valence-electron chi connectivity index (χ4n) is 1.46. The van der Waals surface area contributed by atoms with Gasteiger partial charge in [-0.1, -0.05) is 34.8 Å². The first-order valence-corrected chi connectivity index (χ1v) is 6.47. The second kappa shape index (κ2) is 6.10. The van der Waals surface area contributed by atoms with Crippen LogP contribution >= 0.6 is 34.8 Å².